The zero-order valence-electron chi connectivity index (χ0n) is 19.3. The molecule has 0 saturated carbocycles. The third kappa shape index (κ3) is 5.42. The lowest BCUT2D eigenvalue weighted by atomic mass is 10.1. The molecular weight excluding hydrogens is 478 g/mol. The topological polar surface area (TPSA) is 104 Å². The molecule has 182 valence electrons. The predicted octanol–water partition coefficient (Wildman–Crippen LogP) is 3.21. The van der Waals surface area contributed by atoms with Crippen molar-refractivity contribution in [2.24, 2.45) is 0 Å². The molecule has 1 aliphatic rings. The van der Waals surface area contributed by atoms with E-state index in [1.54, 1.807) is 43.3 Å². The quantitative estimate of drug-likeness (QED) is 0.563. The monoisotopic (exact) mass is 505 g/mol. The largest absolute Gasteiger partial charge is 0.352 e. The molecule has 1 N–H and O–H groups in total. The van der Waals surface area contributed by atoms with Crippen LogP contribution in [0.2, 0.25) is 5.02 Å². The zero-order chi connectivity index (χ0) is 25.0. The molecule has 0 radical (unpaired) electrons. The van der Waals surface area contributed by atoms with Gasteiger partial charge in [-0.1, -0.05) is 42.8 Å². The molecule has 0 aromatic heterocycles. The van der Waals surface area contributed by atoms with Gasteiger partial charge in [0.15, 0.2) is 0 Å². The van der Waals surface area contributed by atoms with E-state index in [1.165, 1.54) is 17.0 Å². The summed E-state index contributed by atoms with van der Waals surface area (Å²) in [5, 5.41) is 3.37. The van der Waals surface area contributed by atoms with E-state index in [0.29, 0.717) is 5.02 Å². The molecule has 8 nitrogen and oxygen atoms in total. The summed E-state index contributed by atoms with van der Waals surface area (Å²) in [5.41, 5.74) is 0.813. The summed E-state index contributed by atoms with van der Waals surface area (Å²) in [5.74, 6) is -1.43. The molecule has 2 aromatic carbocycles. The second-order valence-electron chi connectivity index (χ2n) is 8.27. The van der Waals surface area contributed by atoms with Gasteiger partial charge in [0.1, 0.15) is 10.9 Å². The Labute approximate surface area is 204 Å². The van der Waals surface area contributed by atoms with Crippen LogP contribution in [0.1, 0.15) is 49.5 Å². The van der Waals surface area contributed by atoms with E-state index < -0.39 is 27.9 Å². The van der Waals surface area contributed by atoms with Crippen LogP contribution in [0, 0.1) is 0 Å². The van der Waals surface area contributed by atoms with Crippen molar-refractivity contribution in [2.75, 3.05) is 6.54 Å². The van der Waals surface area contributed by atoms with Gasteiger partial charge in [0.25, 0.3) is 15.9 Å². The number of hydrogen-bond donors (Lipinski definition) is 1. The van der Waals surface area contributed by atoms with Crippen molar-refractivity contribution >= 4 is 39.3 Å². The van der Waals surface area contributed by atoms with Crippen molar-refractivity contribution in [1.82, 2.24) is 14.5 Å². The summed E-state index contributed by atoms with van der Waals surface area (Å²) < 4.78 is 26.3. The third-order valence-corrected chi connectivity index (χ3v) is 7.93. The van der Waals surface area contributed by atoms with Gasteiger partial charge >= 0.3 is 0 Å². The van der Waals surface area contributed by atoms with Crippen LogP contribution >= 0.6 is 11.6 Å². The van der Waals surface area contributed by atoms with Gasteiger partial charge < -0.3 is 10.2 Å². The van der Waals surface area contributed by atoms with Crippen molar-refractivity contribution in [1.29, 1.82) is 0 Å². The average Bonchev–Trinajstić information content (AvgIpc) is 3.00. The first-order valence-electron chi connectivity index (χ1n) is 11.1. The number of fused-ring (bicyclic) bond motifs is 1. The zero-order valence-corrected chi connectivity index (χ0v) is 20.9. The van der Waals surface area contributed by atoms with E-state index in [9.17, 15) is 22.8 Å². The van der Waals surface area contributed by atoms with Crippen molar-refractivity contribution in [3.63, 3.8) is 0 Å². The average molecular weight is 506 g/mol. The summed E-state index contributed by atoms with van der Waals surface area (Å²) in [6.07, 6.45) is 0.469. The number of carbonyl (C=O) groups is 3. The minimum atomic E-state index is -4.02. The van der Waals surface area contributed by atoms with Gasteiger partial charge in [0.2, 0.25) is 11.8 Å². The molecule has 3 amide bonds. The molecule has 0 saturated heterocycles. The smallest absolute Gasteiger partial charge is 0.269 e. The van der Waals surface area contributed by atoms with Gasteiger partial charge in [0, 0.05) is 30.6 Å². The first-order valence-corrected chi connectivity index (χ1v) is 12.9. The second kappa shape index (κ2) is 10.6. The molecular formula is C24H28ClN3O5S. The lowest BCUT2D eigenvalue weighted by Crippen LogP contribution is -2.50. The first-order chi connectivity index (χ1) is 16.1. The Hall–Kier alpha value is -2.91. The lowest BCUT2D eigenvalue weighted by molar-refractivity contribution is -0.140. The van der Waals surface area contributed by atoms with Crippen molar-refractivity contribution in [3.8, 4) is 0 Å². The van der Waals surface area contributed by atoms with Crippen LogP contribution in [0.3, 0.4) is 0 Å². The molecule has 0 aliphatic carbocycles. The van der Waals surface area contributed by atoms with Gasteiger partial charge in [-0.25, -0.2) is 12.7 Å². The lowest BCUT2D eigenvalue weighted by Gasteiger charge is -2.30. The molecule has 10 heteroatoms. The van der Waals surface area contributed by atoms with Gasteiger partial charge in [0.05, 0.1) is 5.56 Å². The summed E-state index contributed by atoms with van der Waals surface area (Å²) in [7, 11) is -4.02. The maximum absolute atomic E-state index is 13.3. The van der Waals surface area contributed by atoms with Crippen LogP contribution < -0.4 is 5.32 Å². The standard InChI is InChI=1S/C24H28ClN3O5S/c1-4-16(2)26-23(30)17(3)27(15-18-8-7-9-19(25)14-18)22(29)12-13-28-24(31)20-10-5-6-11-21(20)34(28,32)33/h5-11,14,16-17H,4,12-13,15H2,1-3H3,(H,26,30). The Morgan fingerprint density at radius 1 is 1.12 bits per heavy atom. The Morgan fingerprint density at radius 2 is 1.82 bits per heavy atom. The highest BCUT2D eigenvalue weighted by Crippen LogP contribution is 2.30. The second-order valence-corrected chi connectivity index (χ2v) is 10.5. The number of sulfonamides is 1. The molecule has 0 fully saturated rings. The van der Waals surface area contributed by atoms with E-state index in [1.807, 2.05) is 13.8 Å². The fraction of sp³-hybridized carbons (Fsp3) is 0.375. The molecule has 0 bridgehead atoms. The molecule has 2 aromatic rings. The Morgan fingerprint density at radius 3 is 2.47 bits per heavy atom. The number of nitrogens with one attached hydrogen (secondary N) is 1. The number of rotatable bonds is 9. The van der Waals surface area contributed by atoms with Crippen LogP contribution in [0.5, 0.6) is 0 Å². The third-order valence-electron chi connectivity index (χ3n) is 5.85. The number of carbonyl (C=O) groups excluding carboxylic acids is 3. The van der Waals surface area contributed by atoms with Gasteiger partial charge in [-0.15, -0.1) is 0 Å². The summed E-state index contributed by atoms with van der Waals surface area (Å²) in [6, 6.07) is 12.0. The fourth-order valence-corrected chi connectivity index (χ4v) is 5.46. The van der Waals surface area contributed by atoms with Crippen molar-refractivity contribution < 1.29 is 22.8 Å². The Kier molecular flexibility index (Phi) is 7.99. The van der Waals surface area contributed by atoms with Crippen molar-refractivity contribution in [2.45, 2.75) is 57.1 Å². The van der Waals surface area contributed by atoms with E-state index in [0.717, 1.165) is 16.3 Å². The number of amides is 3. The van der Waals surface area contributed by atoms with E-state index in [4.69, 9.17) is 11.6 Å². The Balaban J connectivity index is 1.79. The number of nitrogens with zero attached hydrogens (tertiary/aromatic N) is 2. The summed E-state index contributed by atoms with van der Waals surface area (Å²) in [4.78, 5) is 40.0. The predicted molar refractivity (Wildman–Crippen MR) is 129 cm³/mol. The minimum Gasteiger partial charge on any atom is -0.352 e. The van der Waals surface area contributed by atoms with Gasteiger partial charge in [-0.3, -0.25) is 14.4 Å². The molecule has 1 aliphatic heterocycles. The van der Waals surface area contributed by atoms with Crippen LogP contribution in [-0.2, 0) is 26.2 Å². The first kappa shape index (κ1) is 25.7. The normalized spacial score (nSPS) is 16.0. The van der Waals surface area contributed by atoms with Crippen LogP contribution in [0.25, 0.3) is 0 Å². The summed E-state index contributed by atoms with van der Waals surface area (Å²) >= 11 is 6.08. The molecule has 0 spiro atoms. The molecule has 3 rings (SSSR count). The fourth-order valence-electron chi connectivity index (χ4n) is 3.67. The maximum Gasteiger partial charge on any atom is 0.269 e. The highest BCUT2D eigenvalue weighted by atomic mass is 35.5. The van der Waals surface area contributed by atoms with Gasteiger partial charge in [-0.2, -0.15) is 0 Å². The molecule has 2 atom stereocenters. The Bertz CT molecular complexity index is 1200. The van der Waals surface area contributed by atoms with Crippen LogP contribution in [0.4, 0.5) is 0 Å². The van der Waals surface area contributed by atoms with E-state index in [-0.39, 0.29) is 41.9 Å². The highest BCUT2D eigenvalue weighted by molar-refractivity contribution is 7.90. The maximum atomic E-state index is 13.3. The highest BCUT2D eigenvalue weighted by Gasteiger charge is 2.41. The van der Waals surface area contributed by atoms with E-state index in [2.05, 4.69) is 5.32 Å². The minimum absolute atomic E-state index is 0.0652. The van der Waals surface area contributed by atoms with E-state index >= 15 is 0 Å². The SMILES string of the molecule is CCC(C)NC(=O)C(C)N(Cc1cccc(Cl)c1)C(=O)CCN1C(=O)c2ccccc2S1(=O)=O. The molecule has 2 unspecified atom stereocenters. The summed E-state index contributed by atoms with van der Waals surface area (Å²) in [6.45, 7) is 5.22. The number of halogens is 1. The number of hydrogen-bond acceptors (Lipinski definition) is 5. The molecule has 1 heterocycles. The van der Waals surface area contributed by atoms with Gasteiger partial charge in [-0.05, 0) is 50.1 Å². The van der Waals surface area contributed by atoms with Crippen LogP contribution in [-0.4, -0.2) is 54.0 Å². The van der Waals surface area contributed by atoms with Crippen LogP contribution in [0.15, 0.2) is 53.4 Å². The van der Waals surface area contributed by atoms with Crippen molar-refractivity contribution in [3.05, 3.63) is 64.7 Å². The molecule has 34 heavy (non-hydrogen) atoms. The number of benzene rings is 2.